The molecule has 1 aromatic carbocycles. The van der Waals surface area contributed by atoms with Crippen molar-refractivity contribution in [2.75, 3.05) is 11.9 Å². The molecule has 8 heteroatoms. The van der Waals surface area contributed by atoms with E-state index < -0.39 is 21.7 Å². The average Bonchev–Trinajstić information content (AvgIpc) is 2.90. The van der Waals surface area contributed by atoms with Gasteiger partial charge in [-0.15, -0.1) is 0 Å². The molecule has 0 aliphatic carbocycles. The summed E-state index contributed by atoms with van der Waals surface area (Å²) in [6.45, 7) is 0.443. The fourth-order valence-electron chi connectivity index (χ4n) is 1.72. The van der Waals surface area contributed by atoms with Crippen molar-refractivity contribution < 1.29 is 13.9 Å². The number of amides is 1. The molecule has 0 saturated heterocycles. The zero-order valence-corrected chi connectivity index (χ0v) is 13.0. The number of anilines is 1. The Labute approximate surface area is 136 Å². The average molecular weight is 354 g/mol. The van der Waals surface area contributed by atoms with Gasteiger partial charge in [0.05, 0.1) is 6.61 Å². The van der Waals surface area contributed by atoms with Gasteiger partial charge in [-0.3, -0.25) is 4.79 Å². The molecule has 2 rings (SSSR count). The lowest BCUT2D eigenvalue weighted by molar-refractivity contribution is -0.121. The van der Waals surface area contributed by atoms with Gasteiger partial charge in [-0.2, -0.15) is 0 Å². The number of ether oxygens (including phenoxy) is 1. The van der Waals surface area contributed by atoms with Gasteiger partial charge in [-0.1, -0.05) is 40.9 Å². The Morgan fingerprint density at radius 1 is 1.38 bits per heavy atom. The molecular formula is C13H12Cl3FN2O2. The topological polar surface area (TPSA) is 50.4 Å². The van der Waals surface area contributed by atoms with Crippen molar-refractivity contribution in [3.8, 4) is 0 Å². The van der Waals surface area contributed by atoms with Gasteiger partial charge in [0, 0.05) is 12.1 Å². The first kappa shape index (κ1) is 16.2. The SMILES string of the molecule is O=C(NC(Nc1cccc(F)c1)C(Cl)(Cl)Cl)C1=CCCO1. The summed E-state index contributed by atoms with van der Waals surface area (Å²) in [6.07, 6.45) is 1.24. The van der Waals surface area contributed by atoms with E-state index >= 15 is 0 Å². The van der Waals surface area contributed by atoms with Crippen molar-refractivity contribution in [1.82, 2.24) is 5.32 Å². The predicted molar refractivity (Wildman–Crippen MR) is 80.9 cm³/mol. The van der Waals surface area contributed by atoms with Crippen LogP contribution in [0.2, 0.25) is 0 Å². The molecule has 1 atom stereocenters. The Morgan fingerprint density at radius 3 is 2.71 bits per heavy atom. The Kier molecular flexibility index (Phi) is 5.19. The van der Waals surface area contributed by atoms with Crippen molar-refractivity contribution in [2.45, 2.75) is 16.4 Å². The molecule has 1 heterocycles. The first-order valence-electron chi connectivity index (χ1n) is 6.09. The van der Waals surface area contributed by atoms with E-state index in [-0.39, 0.29) is 5.76 Å². The first-order chi connectivity index (χ1) is 9.86. The number of rotatable bonds is 4. The second kappa shape index (κ2) is 6.73. The van der Waals surface area contributed by atoms with Crippen LogP contribution in [0.15, 0.2) is 36.1 Å². The van der Waals surface area contributed by atoms with E-state index in [1.807, 2.05) is 0 Å². The third kappa shape index (κ3) is 4.66. The fraction of sp³-hybridized carbons (Fsp3) is 0.308. The Morgan fingerprint density at radius 2 is 2.14 bits per heavy atom. The van der Waals surface area contributed by atoms with Crippen LogP contribution in [0.1, 0.15) is 6.42 Å². The largest absolute Gasteiger partial charge is 0.488 e. The molecule has 4 nitrogen and oxygen atoms in total. The highest BCUT2D eigenvalue weighted by molar-refractivity contribution is 6.68. The fourth-order valence-corrected chi connectivity index (χ4v) is 2.05. The van der Waals surface area contributed by atoms with Crippen LogP contribution in [0, 0.1) is 5.82 Å². The number of benzene rings is 1. The van der Waals surface area contributed by atoms with Crippen LogP contribution in [0.4, 0.5) is 10.1 Å². The number of carbonyl (C=O) groups is 1. The van der Waals surface area contributed by atoms with Gasteiger partial charge in [0.25, 0.3) is 5.91 Å². The molecule has 0 radical (unpaired) electrons. The number of hydrogen-bond donors (Lipinski definition) is 2. The molecule has 21 heavy (non-hydrogen) atoms. The van der Waals surface area contributed by atoms with Crippen molar-refractivity contribution in [3.05, 3.63) is 41.9 Å². The minimum absolute atomic E-state index is 0.176. The molecular weight excluding hydrogens is 342 g/mol. The quantitative estimate of drug-likeness (QED) is 0.645. The van der Waals surface area contributed by atoms with E-state index in [0.29, 0.717) is 18.7 Å². The third-order valence-electron chi connectivity index (χ3n) is 2.67. The summed E-state index contributed by atoms with van der Waals surface area (Å²) in [7, 11) is 0. The van der Waals surface area contributed by atoms with Crippen LogP contribution >= 0.6 is 34.8 Å². The molecule has 1 aromatic rings. The summed E-state index contributed by atoms with van der Waals surface area (Å²) in [6, 6.07) is 5.59. The number of hydrogen-bond acceptors (Lipinski definition) is 3. The van der Waals surface area contributed by atoms with Gasteiger partial charge in [0.2, 0.25) is 3.79 Å². The second-order valence-electron chi connectivity index (χ2n) is 4.31. The molecule has 1 aliphatic rings. The van der Waals surface area contributed by atoms with E-state index in [1.165, 1.54) is 18.2 Å². The molecule has 0 aromatic heterocycles. The molecule has 0 fully saturated rings. The van der Waals surface area contributed by atoms with E-state index in [4.69, 9.17) is 39.5 Å². The summed E-state index contributed by atoms with van der Waals surface area (Å²) < 4.78 is 16.5. The number of alkyl halides is 3. The third-order valence-corrected chi connectivity index (χ3v) is 3.32. The maximum atomic E-state index is 13.2. The van der Waals surface area contributed by atoms with Crippen molar-refractivity contribution in [3.63, 3.8) is 0 Å². The zero-order valence-electron chi connectivity index (χ0n) is 10.7. The summed E-state index contributed by atoms with van der Waals surface area (Å²) in [5.41, 5.74) is 0.368. The lowest BCUT2D eigenvalue weighted by Crippen LogP contribution is -2.49. The van der Waals surface area contributed by atoms with Gasteiger partial charge in [0.1, 0.15) is 12.0 Å². The van der Waals surface area contributed by atoms with E-state index in [1.54, 1.807) is 12.1 Å². The van der Waals surface area contributed by atoms with E-state index in [2.05, 4.69) is 10.6 Å². The van der Waals surface area contributed by atoms with Crippen molar-refractivity contribution in [1.29, 1.82) is 0 Å². The highest BCUT2D eigenvalue weighted by Crippen LogP contribution is 2.31. The van der Waals surface area contributed by atoms with Gasteiger partial charge < -0.3 is 15.4 Å². The lowest BCUT2D eigenvalue weighted by atomic mass is 10.3. The van der Waals surface area contributed by atoms with Crippen LogP contribution < -0.4 is 10.6 Å². The van der Waals surface area contributed by atoms with Crippen molar-refractivity contribution in [2.24, 2.45) is 0 Å². The maximum Gasteiger partial charge on any atom is 0.287 e. The molecule has 0 saturated carbocycles. The Bertz CT molecular complexity index is 561. The van der Waals surface area contributed by atoms with Gasteiger partial charge in [-0.25, -0.2) is 4.39 Å². The zero-order chi connectivity index (χ0) is 15.5. The molecule has 0 spiro atoms. The highest BCUT2D eigenvalue weighted by atomic mass is 35.6. The smallest absolute Gasteiger partial charge is 0.287 e. The van der Waals surface area contributed by atoms with Crippen LogP contribution in [-0.2, 0) is 9.53 Å². The molecule has 1 amide bonds. The standard InChI is InChI=1S/C13H12Cl3FN2O2/c14-13(15,16)12(18-9-4-1-3-8(17)7-9)19-11(20)10-5-2-6-21-10/h1,3-5,7,12,18H,2,6H2,(H,19,20). The van der Waals surface area contributed by atoms with Gasteiger partial charge in [-0.05, 0) is 24.3 Å². The molecule has 1 unspecified atom stereocenters. The molecule has 0 bridgehead atoms. The summed E-state index contributed by atoms with van der Waals surface area (Å²) in [4.78, 5) is 12.0. The summed E-state index contributed by atoms with van der Waals surface area (Å²) in [5.74, 6) is -0.778. The molecule has 114 valence electrons. The summed E-state index contributed by atoms with van der Waals surface area (Å²) >= 11 is 17.5. The van der Waals surface area contributed by atoms with E-state index in [9.17, 15) is 9.18 Å². The van der Waals surface area contributed by atoms with Gasteiger partial charge in [0.15, 0.2) is 5.76 Å². The molecule has 1 aliphatic heterocycles. The maximum absolute atomic E-state index is 13.2. The van der Waals surface area contributed by atoms with E-state index in [0.717, 1.165) is 0 Å². The minimum Gasteiger partial charge on any atom is -0.488 e. The first-order valence-corrected chi connectivity index (χ1v) is 7.22. The highest BCUT2D eigenvalue weighted by Gasteiger charge is 2.35. The normalized spacial score (nSPS) is 15.9. The van der Waals surface area contributed by atoms with Crippen LogP contribution in [0.5, 0.6) is 0 Å². The number of carbonyl (C=O) groups excluding carboxylic acids is 1. The number of nitrogens with one attached hydrogen (secondary N) is 2. The number of halogens is 4. The van der Waals surface area contributed by atoms with Crippen molar-refractivity contribution >= 4 is 46.4 Å². The minimum atomic E-state index is -1.83. The summed E-state index contributed by atoms with van der Waals surface area (Å²) in [5, 5.41) is 5.27. The monoisotopic (exact) mass is 352 g/mol. The second-order valence-corrected chi connectivity index (χ2v) is 6.68. The van der Waals surface area contributed by atoms with Crippen LogP contribution in [-0.4, -0.2) is 22.5 Å². The van der Waals surface area contributed by atoms with Crippen LogP contribution in [0.25, 0.3) is 0 Å². The lowest BCUT2D eigenvalue weighted by Gasteiger charge is -2.27. The van der Waals surface area contributed by atoms with Gasteiger partial charge >= 0.3 is 0 Å². The Hall–Kier alpha value is -1.17. The van der Waals surface area contributed by atoms with Crippen LogP contribution in [0.3, 0.4) is 0 Å². The molecule has 2 N–H and O–H groups in total. The predicted octanol–water partition coefficient (Wildman–Crippen LogP) is 3.35. The Balaban J connectivity index is 2.10.